The van der Waals surface area contributed by atoms with Crippen molar-refractivity contribution in [1.29, 1.82) is 0 Å². The minimum atomic E-state index is -3.88. The van der Waals surface area contributed by atoms with Gasteiger partial charge in [0, 0.05) is 19.1 Å². The van der Waals surface area contributed by atoms with Crippen LogP contribution in [0.15, 0.2) is 23.1 Å². The third-order valence-corrected chi connectivity index (χ3v) is 5.76. The molecule has 0 radical (unpaired) electrons. The van der Waals surface area contributed by atoms with E-state index in [9.17, 15) is 12.8 Å². The quantitative estimate of drug-likeness (QED) is 0.806. The monoisotopic (exact) mass is 366 g/mol. The van der Waals surface area contributed by atoms with E-state index in [1.807, 2.05) is 0 Å². The van der Waals surface area contributed by atoms with E-state index in [2.05, 4.69) is 10.0 Å². The lowest BCUT2D eigenvalue weighted by Gasteiger charge is -2.37. The van der Waals surface area contributed by atoms with Gasteiger partial charge in [-0.25, -0.2) is 17.5 Å². The van der Waals surface area contributed by atoms with Gasteiger partial charge in [0.05, 0.1) is 6.61 Å². The number of hydrogen-bond donors (Lipinski definition) is 2. The molecule has 0 saturated carbocycles. The number of piperidine rings is 1. The predicted molar refractivity (Wildman–Crippen MR) is 90.0 cm³/mol. The Morgan fingerprint density at radius 2 is 2.00 bits per heavy atom. The summed E-state index contributed by atoms with van der Waals surface area (Å²) in [6.07, 6.45) is 1.64. The zero-order chi connectivity index (χ0) is 16.2. The summed E-state index contributed by atoms with van der Waals surface area (Å²) in [5.74, 6) is -0.724. The number of benzene rings is 1. The van der Waals surface area contributed by atoms with Gasteiger partial charge in [-0.15, -0.1) is 12.4 Å². The highest BCUT2D eigenvalue weighted by Gasteiger charge is 2.34. The number of ether oxygens (including phenoxy) is 1. The van der Waals surface area contributed by atoms with Crippen LogP contribution in [-0.2, 0) is 14.8 Å². The Kier molecular flexibility index (Phi) is 7.41. The molecule has 0 amide bonds. The fraction of sp³-hybridized carbons (Fsp3) is 0.600. The molecule has 0 aromatic heterocycles. The SMILES string of the molecule is COCC1(CNS(=O)(=O)c2c(C)cccc2F)CCNCC1.Cl. The van der Waals surface area contributed by atoms with Crippen LogP contribution in [-0.4, -0.2) is 41.8 Å². The number of halogens is 2. The number of rotatable bonds is 6. The Morgan fingerprint density at radius 3 is 2.57 bits per heavy atom. The second-order valence-corrected chi connectivity index (χ2v) is 7.60. The maximum Gasteiger partial charge on any atom is 0.243 e. The topological polar surface area (TPSA) is 67.4 Å². The molecule has 1 aliphatic rings. The number of aryl methyl sites for hydroxylation is 1. The minimum absolute atomic E-state index is 0. The number of hydrogen-bond acceptors (Lipinski definition) is 4. The lowest BCUT2D eigenvalue weighted by Crippen LogP contribution is -2.47. The molecule has 1 aliphatic heterocycles. The molecule has 2 N–H and O–H groups in total. The van der Waals surface area contributed by atoms with Crippen LogP contribution >= 0.6 is 12.4 Å². The standard InChI is InChI=1S/C15H23FN2O3S.ClH/c1-12-4-3-5-13(16)14(12)22(19,20)18-10-15(11-21-2)6-8-17-9-7-15;/h3-5,17-18H,6-11H2,1-2H3;1H. The average Bonchev–Trinajstić information content (AvgIpc) is 2.46. The first-order chi connectivity index (χ1) is 10.4. The summed E-state index contributed by atoms with van der Waals surface area (Å²) in [6.45, 7) is 3.97. The van der Waals surface area contributed by atoms with Crippen molar-refractivity contribution in [2.45, 2.75) is 24.7 Å². The van der Waals surface area contributed by atoms with Gasteiger partial charge in [0.1, 0.15) is 10.7 Å². The van der Waals surface area contributed by atoms with Crippen molar-refractivity contribution in [3.05, 3.63) is 29.6 Å². The lowest BCUT2D eigenvalue weighted by atomic mass is 9.80. The highest BCUT2D eigenvalue weighted by Crippen LogP contribution is 2.29. The van der Waals surface area contributed by atoms with E-state index in [-0.39, 0.29) is 29.3 Å². The van der Waals surface area contributed by atoms with Crippen LogP contribution in [0.1, 0.15) is 18.4 Å². The largest absolute Gasteiger partial charge is 0.384 e. The fourth-order valence-electron chi connectivity index (χ4n) is 2.91. The first-order valence-corrected chi connectivity index (χ1v) is 8.83. The molecule has 0 bridgehead atoms. The zero-order valence-corrected chi connectivity index (χ0v) is 15.0. The van der Waals surface area contributed by atoms with Gasteiger partial charge in [-0.05, 0) is 44.5 Å². The molecule has 0 aliphatic carbocycles. The van der Waals surface area contributed by atoms with E-state index in [4.69, 9.17) is 4.74 Å². The van der Waals surface area contributed by atoms with Crippen LogP contribution in [0.2, 0.25) is 0 Å². The van der Waals surface area contributed by atoms with Gasteiger partial charge in [-0.1, -0.05) is 12.1 Å². The van der Waals surface area contributed by atoms with E-state index in [0.29, 0.717) is 12.2 Å². The average molecular weight is 367 g/mol. The Balaban J connectivity index is 0.00000264. The summed E-state index contributed by atoms with van der Waals surface area (Å²) in [4.78, 5) is -0.267. The van der Waals surface area contributed by atoms with Crippen LogP contribution in [0.25, 0.3) is 0 Å². The Bertz CT molecular complexity index is 593. The minimum Gasteiger partial charge on any atom is -0.384 e. The summed E-state index contributed by atoms with van der Waals surface area (Å²) in [7, 11) is -2.27. The molecule has 0 atom stereocenters. The van der Waals surface area contributed by atoms with Crippen molar-refractivity contribution in [2.24, 2.45) is 5.41 Å². The Labute approximate surface area is 143 Å². The molecule has 1 fully saturated rings. The summed E-state index contributed by atoms with van der Waals surface area (Å²) in [5.41, 5.74) is 0.158. The maximum atomic E-state index is 13.9. The first-order valence-electron chi connectivity index (χ1n) is 7.35. The number of nitrogens with one attached hydrogen (secondary N) is 2. The van der Waals surface area contributed by atoms with E-state index < -0.39 is 15.8 Å². The maximum absolute atomic E-state index is 13.9. The third kappa shape index (κ3) is 4.87. The summed E-state index contributed by atoms with van der Waals surface area (Å²) >= 11 is 0. The van der Waals surface area contributed by atoms with E-state index in [0.717, 1.165) is 32.0 Å². The van der Waals surface area contributed by atoms with Crippen LogP contribution in [0.3, 0.4) is 0 Å². The van der Waals surface area contributed by atoms with Gasteiger partial charge in [-0.3, -0.25) is 0 Å². The molecule has 132 valence electrons. The molecule has 1 aromatic carbocycles. The third-order valence-electron chi connectivity index (χ3n) is 4.18. The zero-order valence-electron chi connectivity index (χ0n) is 13.4. The molecular weight excluding hydrogens is 343 g/mol. The summed E-state index contributed by atoms with van der Waals surface area (Å²) < 4.78 is 46.7. The van der Waals surface area contributed by atoms with Crippen molar-refractivity contribution in [3.8, 4) is 0 Å². The molecular formula is C15H24ClFN2O3S. The van der Waals surface area contributed by atoms with Crippen molar-refractivity contribution >= 4 is 22.4 Å². The van der Waals surface area contributed by atoms with Crippen molar-refractivity contribution in [1.82, 2.24) is 10.0 Å². The van der Waals surface area contributed by atoms with Gasteiger partial charge in [0.25, 0.3) is 0 Å². The van der Waals surface area contributed by atoms with Gasteiger partial charge >= 0.3 is 0 Å². The predicted octanol–water partition coefficient (Wildman–Crippen LogP) is 1.85. The normalized spacial score (nSPS) is 17.5. The van der Waals surface area contributed by atoms with Crippen molar-refractivity contribution < 1.29 is 17.5 Å². The number of methoxy groups -OCH3 is 1. The molecule has 2 rings (SSSR count). The highest BCUT2D eigenvalue weighted by molar-refractivity contribution is 7.89. The molecule has 8 heteroatoms. The number of sulfonamides is 1. The first kappa shape index (κ1) is 20.3. The summed E-state index contributed by atoms with van der Waals surface area (Å²) in [5, 5.41) is 3.25. The van der Waals surface area contributed by atoms with Crippen LogP contribution in [0.5, 0.6) is 0 Å². The van der Waals surface area contributed by atoms with Gasteiger partial charge in [-0.2, -0.15) is 0 Å². The second-order valence-electron chi connectivity index (χ2n) is 5.89. The van der Waals surface area contributed by atoms with E-state index in [1.54, 1.807) is 20.1 Å². The van der Waals surface area contributed by atoms with Gasteiger partial charge in [0.15, 0.2) is 0 Å². The summed E-state index contributed by atoms with van der Waals surface area (Å²) in [6, 6.07) is 4.26. The molecule has 1 heterocycles. The molecule has 1 saturated heterocycles. The van der Waals surface area contributed by atoms with Crippen molar-refractivity contribution in [3.63, 3.8) is 0 Å². The van der Waals surface area contributed by atoms with Crippen LogP contribution in [0.4, 0.5) is 4.39 Å². The van der Waals surface area contributed by atoms with E-state index in [1.165, 1.54) is 6.07 Å². The molecule has 0 spiro atoms. The molecule has 0 unspecified atom stereocenters. The van der Waals surface area contributed by atoms with Crippen LogP contribution in [0, 0.1) is 18.2 Å². The second kappa shape index (κ2) is 8.39. The molecule has 1 aromatic rings. The van der Waals surface area contributed by atoms with Gasteiger partial charge < -0.3 is 10.1 Å². The highest BCUT2D eigenvalue weighted by atomic mass is 35.5. The lowest BCUT2D eigenvalue weighted by molar-refractivity contribution is 0.0577. The van der Waals surface area contributed by atoms with E-state index >= 15 is 0 Å². The fourth-order valence-corrected chi connectivity index (χ4v) is 4.37. The smallest absolute Gasteiger partial charge is 0.243 e. The Morgan fingerprint density at radius 1 is 1.35 bits per heavy atom. The van der Waals surface area contributed by atoms with Crippen LogP contribution < -0.4 is 10.0 Å². The molecule has 5 nitrogen and oxygen atoms in total. The van der Waals surface area contributed by atoms with Crippen molar-refractivity contribution in [2.75, 3.05) is 33.4 Å². The Hall–Kier alpha value is -0.730. The van der Waals surface area contributed by atoms with Gasteiger partial charge in [0.2, 0.25) is 10.0 Å². The molecule has 23 heavy (non-hydrogen) atoms.